The van der Waals surface area contributed by atoms with E-state index in [9.17, 15) is 22.0 Å². The molecular weight excluding hydrogens is 490 g/mol. The molecule has 1 aromatic carbocycles. The molecule has 0 radical (unpaired) electrons. The number of hydrogen-bond donors (Lipinski definition) is 0. The zero-order valence-corrected chi connectivity index (χ0v) is 20.1. The number of aromatic nitrogens is 1. The number of piperazine rings is 1. The predicted molar refractivity (Wildman–Crippen MR) is 124 cm³/mol. The molecule has 0 N–H and O–H groups in total. The van der Waals surface area contributed by atoms with Crippen molar-refractivity contribution in [2.45, 2.75) is 17.1 Å². The Morgan fingerprint density at radius 3 is 2.45 bits per heavy atom. The number of anilines is 1. The standard InChI is InChI=1S/C21H22F2N4O3S3/c22-15-12-16(23)19-17(13-15)32-21(24-19)26-9-7-25(8-10-26)20(28)14-3-5-27(6-4-14)33(29,30)18-2-1-11-31-18/h1-2,11-14H,3-10H2. The number of thiazole rings is 1. The molecule has 0 saturated carbocycles. The molecule has 33 heavy (non-hydrogen) atoms. The highest BCUT2D eigenvalue weighted by Crippen LogP contribution is 2.32. The summed E-state index contributed by atoms with van der Waals surface area (Å²) in [6, 6.07) is 5.44. The van der Waals surface area contributed by atoms with Crippen LogP contribution in [0.3, 0.4) is 0 Å². The van der Waals surface area contributed by atoms with Gasteiger partial charge in [-0.1, -0.05) is 17.4 Å². The molecule has 4 heterocycles. The van der Waals surface area contributed by atoms with Crippen LogP contribution >= 0.6 is 22.7 Å². The number of fused-ring (bicyclic) bond motifs is 1. The van der Waals surface area contributed by atoms with Crippen LogP contribution in [0, 0.1) is 17.6 Å². The molecule has 1 amide bonds. The van der Waals surface area contributed by atoms with Gasteiger partial charge < -0.3 is 9.80 Å². The first-order valence-corrected chi connectivity index (χ1v) is 13.8. The molecule has 12 heteroatoms. The highest BCUT2D eigenvalue weighted by Gasteiger charge is 2.35. The number of benzene rings is 1. The first-order valence-electron chi connectivity index (χ1n) is 10.7. The van der Waals surface area contributed by atoms with Crippen LogP contribution in [0.1, 0.15) is 12.8 Å². The molecular formula is C21H22F2N4O3S3. The summed E-state index contributed by atoms with van der Waals surface area (Å²) in [4.78, 5) is 21.2. The minimum absolute atomic E-state index is 0.0558. The lowest BCUT2D eigenvalue weighted by Gasteiger charge is -2.38. The number of rotatable bonds is 4. The molecule has 0 aliphatic carbocycles. The van der Waals surface area contributed by atoms with Crippen molar-refractivity contribution in [1.82, 2.24) is 14.2 Å². The Bertz CT molecular complexity index is 1260. The fraction of sp³-hybridized carbons (Fsp3) is 0.429. The quantitative estimate of drug-likeness (QED) is 0.536. The number of thiophene rings is 1. The van der Waals surface area contributed by atoms with Crippen molar-refractivity contribution in [2.75, 3.05) is 44.2 Å². The fourth-order valence-corrected chi connectivity index (χ4v) is 8.01. The molecule has 0 bridgehead atoms. The monoisotopic (exact) mass is 512 g/mol. The second-order valence-corrected chi connectivity index (χ2v) is 12.3. The van der Waals surface area contributed by atoms with E-state index in [-0.39, 0.29) is 17.3 Å². The van der Waals surface area contributed by atoms with Gasteiger partial charge in [-0.15, -0.1) is 11.3 Å². The molecule has 0 unspecified atom stereocenters. The van der Waals surface area contributed by atoms with Crippen LogP contribution in [0.4, 0.5) is 13.9 Å². The minimum Gasteiger partial charge on any atom is -0.345 e. The average Bonchev–Trinajstić information content (AvgIpc) is 3.50. The summed E-state index contributed by atoms with van der Waals surface area (Å²) < 4.78 is 55.1. The van der Waals surface area contributed by atoms with Gasteiger partial charge >= 0.3 is 0 Å². The lowest BCUT2D eigenvalue weighted by Crippen LogP contribution is -2.52. The van der Waals surface area contributed by atoms with Gasteiger partial charge in [0.05, 0.1) is 4.70 Å². The summed E-state index contributed by atoms with van der Waals surface area (Å²) in [5.41, 5.74) is 0.166. The van der Waals surface area contributed by atoms with Crippen molar-refractivity contribution in [3.05, 3.63) is 41.3 Å². The van der Waals surface area contributed by atoms with Gasteiger partial charge in [0.1, 0.15) is 15.5 Å². The van der Waals surface area contributed by atoms with E-state index >= 15 is 0 Å². The van der Waals surface area contributed by atoms with Crippen molar-refractivity contribution in [3.8, 4) is 0 Å². The van der Waals surface area contributed by atoms with Crippen LogP contribution in [-0.4, -0.2) is 67.8 Å². The summed E-state index contributed by atoms with van der Waals surface area (Å²) >= 11 is 2.44. The molecule has 7 nitrogen and oxygen atoms in total. The number of carbonyl (C=O) groups excluding carboxylic acids is 1. The number of amides is 1. The number of sulfonamides is 1. The van der Waals surface area contributed by atoms with Crippen molar-refractivity contribution >= 4 is 54.0 Å². The van der Waals surface area contributed by atoms with E-state index in [4.69, 9.17) is 0 Å². The maximum atomic E-state index is 14.0. The Balaban J connectivity index is 1.17. The number of halogens is 2. The Hall–Kier alpha value is -2.15. The van der Waals surface area contributed by atoms with Gasteiger partial charge in [0, 0.05) is 51.3 Å². The van der Waals surface area contributed by atoms with Gasteiger partial charge in [-0.25, -0.2) is 22.2 Å². The Morgan fingerprint density at radius 1 is 1.06 bits per heavy atom. The van der Waals surface area contributed by atoms with E-state index in [1.807, 2.05) is 9.80 Å². The zero-order chi connectivity index (χ0) is 23.2. The molecule has 176 valence electrons. The largest absolute Gasteiger partial charge is 0.345 e. The third kappa shape index (κ3) is 4.36. The first-order chi connectivity index (χ1) is 15.8. The molecule has 0 atom stereocenters. The van der Waals surface area contributed by atoms with Gasteiger partial charge in [0.15, 0.2) is 10.9 Å². The summed E-state index contributed by atoms with van der Waals surface area (Å²) in [6.45, 7) is 2.82. The molecule has 2 aliphatic heterocycles. The van der Waals surface area contributed by atoms with Crippen LogP contribution in [0.25, 0.3) is 10.2 Å². The van der Waals surface area contributed by atoms with Gasteiger partial charge in [0.25, 0.3) is 10.0 Å². The molecule has 3 aromatic rings. The van der Waals surface area contributed by atoms with E-state index in [2.05, 4.69) is 4.98 Å². The second-order valence-electron chi connectivity index (χ2n) is 8.15. The lowest BCUT2D eigenvalue weighted by atomic mass is 9.96. The average molecular weight is 513 g/mol. The Morgan fingerprint density at radius 2 is 1.79 bits per heavy atom. The number of carbonyl (C=O) groups is 1. The van der Waals surface area contributed by atoms with Crippen LogP contribution in [0.2, 0.25) is 0 Å². The Labute approximate surface area is 198 Å². The van der Waals surface area contributed by atoms with Crippen LogP contribution in [0.5, 0.6) is 0 Å². The lowest BCUT2D eigenvalue weighted by molar-refractivity contribution is -0.137. The van der Waals surface area contributed by atoms with E-state index in [0.29, 0.717) is 66.2 Å². The number of hydrogen-bond acceptors (Lipinski definition) is 7. The van der Waals surface area contributed by atoms with Crippen LogP contribution in [0.15, 0.2) is 33.9 Å². The van der Waals surface area contributed by atoms with E-state index in [0.717, 1.165) is 6.07 Å². The SMILES string of the molecule is O=C(C1CCN(S(=O)(=O)c2cccs2)CC1)N1CCN(c2nc3c(F)cc(F)cc3s2)CC1. The van der Waals surface area contributed by atoms with Crippen LogP contribution in [-0.2, 0) is 14.8 Å². The highest BCUT2D eigenvalue weighted by molar-refractivity contribution is 7.91. The maximum absolute atomic E-state index is 14.0. The van der Waals surface area contributed by atoms with E-state index < -0.39 is 21.7 Å². The summed E-state index contributed by atoms with van der Waals surface area (Å²) in [7, 11) is -3.48. The maximum Gasteiger partial charge on any atom is 0.252 e. The van der Waals surface area contributed by atoms with Gasteiger partial charge in [-0.3, -0.25) is 4.79 Å². The molecule has 0 spiro atoms. The van der Waals surface area contributed by atoms with Crippen molar-refractivity contribution in [3.63, 3.8) is 0 Å². The van der Waals surface area contributed by atoms with Gasteiger partial charge in [0.2, 0.25) is 5.91 Å². The Kier molecular flexibility index (Phi) is 6.10. The van der Waals surface area contributed by atoms with Crippen LogP contribution < -0.4 is 4.90 Å². The summed E-state index contributed by atoms with van der Waals surface area (Å²) in [6.07, 6.45) is 1.01. The fourth-order valence-electron chi connectivity index (χ4n) is 4.34. The van der Waals surface area contributed by atoms with Crippen molar-refractivity contribution in [2.24, 2.45) is 5.92 Å². The normalized spacial score (nSPS) is 18.8. The first kappa shape index (κ1) is 22.6. The topological polar surface area (TPSA) is 73.8 Å². The molecule has 2 saturated heterocycles. The zero-order valence-electron chi connectivity index (χ0n) is 17.6. The molecule has 2 fully saturated rings. The summed E-state index contributed by atoms with van der Waals surface area (Å²) in [5.74, 6) is -1.43. The highest BCUT2D eigenvalue weighted by atomic mass is 32.2. The van der Waals surface area contributed by atoms with E-state index in [1.54, 1.807) is 17.5 Å². The molecule has 5 rings (SSSR count). The third-order valence-corrected chi connectivity index (χ3v) is 10.5. The second kappa shape index (κ2) is 8.90. The van der Waals surface area contributed by atoms with Gasteiger partial charge in [-0.05, 0) is 30.4 Å². The summed E-state index contributed by atoms with van der Waals surface area (Å²) in [5, 5.41) is 2.36. The third-order valence-electron chi connectivity index (χ3n) is 6.16. The number of piperidine rings is 1. The smallest absolute Gasteiger partial charge is 0.252 e. The van der Waals surface area contributed by atoms with E-state index in [1.165, 1.54) is 33.0 Å². The molecule has 2 aliphatic rings. The number of nitrogens with zero attached hydrogens (tertiary/aromatic N) is 4. The van der Waals surface area contributed by atoms with Crippen molar-refractivity contribution in [1.29, 1.82) is 0 Å². The predicted octanol–water partition coefficient (Wildman–Crippen LogP) is 3.39. The van der Waals surface area contributed by atoms with Gasteiger partial charge in [-0.2, -0.15) is 4.31 Å². The van der Waals surface area contributed by atoms with Crippen molar-refractivity contribution < 1.29 is 22.0 Å². The molecule has 2 aromatic heterocycles. The minimum atomic E-state index is -3.48.